The fourth-order valence-electron chi connectivity index (χ4n) is 7.61. The van der Waals surface area contributed by atoms with Crippen LogP contribution in [0.4, 0.5) is 8.78 Å². The van der Waals surface area contributed by atoms with Crippen LogP contribution in [0, 0.1) is 17.8 Å². The van der Waals surface area contributed by atoms with E-state index in [9.17, 15) is 22.0 Å². The Morgan fingerprint density at radius 2 is 1.79 bits per heavy atom. The number of aromatic nitrogens is 1. The molecule has 1 aromatic rings. The molecule has 4 bridgehead atoms. The second-order valence-corrected chi connectivity index (χ2v) is 14.2. The summed E-state index contributed by atoms with van der Waals surface area (Å²) in [7, 11) is -3.61. The highest BCUT2D eigenvalue weighted by Crippen LogP contribution is 2.46. The molecule has 5 aliphatic heterocycles. The van der Waals surface area contributed by atoms with Crippen LogP contribution in [0.2, 0.25) is 0 Å². The predicted molar refractivity (Wildman–Crippen MR) is 131 cm³/mol. The zero-order valence-corrected chi connectivity index (χ0v) is 22.0. The predicted octanol–water partition coefficient (Wildman–Crippen LogP) is 1.71. The number of fused-ring (bicyclic) bond motifs is 4. The van der Waals surface area contributed by atoms with Crippen molar-refractivity contribution < 1.29 is 31.3 Å². The van der Waals surface area contributed by atoms with Gasteiger partial charge in [-0.05, 0) is 56.4 Å². The number of nitrogens with zero attached hydrogens (tertiary/aromatic N) is 3. The SMILES string of the molecule is O=C(NC1C[C@H]2CC[C@@H](C1)N2S(=O)(=O)N1C[C@H]2C[C@@H](C1)C2NCC1CC(F)(F)C1)c1cc(C2COC2)on1. The van der Waals surface area contributed by atoms with Crippen LogP contribution < -0.4 is 10.6 Å². The molecule has 0 spiro atoms. The molecule has 38 heavy (non-hydrogen) atoms. The van der Waals surface area contributed by atoms with Crippen LogP contribution in [0.15, 0.2) is 10.6 Å². The fraction of sp³-hybridized carbons (Fsp3) is 0.840. The summed E-state index contributed by atoms with van der Waals surface area (Å²) < 4.78 is 67.6. The van der Waals surface area contributed by atoms with Gasteiger partial charge in [-0.15, -0.1) is 0 Å². The van der Waals surface area contributed by atoms with Gasteiger partial charge in [0.05, 0.1) is 19.1 Å². The maximum atomic E-state index is 13.7. The molecule has 2 unspecified atom stereocenters. The van der Waals surface area contributed by atoms with Crippen LogP contribution in [-0.2, 0) is 14.9 Å². The van der Waals surface area contributed by atoms with Crippen molar-refractivity contribution in [1.82, 2.24) is 24.4 Å². The standard InChI is InChI=1S/C25H35F2N5O5S/c26-25(27)7-14(8-25)9-28-23-15-3-16(23)11-31(10-15)38(34,35)32-19-1-2-20(32)5-18(4-19)29-24(33)21-6-22(37-30-21)17-12-36-13-17/h6,14-20,23,28H,1-5,7-13H2,(H,29,33)/t15-,16+,18?,19-,20+,23?. The summed E-state index contributed by atoms with van der Waals surface area (Å²) in [5.74, 6) is -1.50. The quantitative estimate of drug-likeness (QED) is 0.502. The second-order valence-electron chi connectivity index (χ2n) is 12.4. The maximum absolute atomic E-state index is 13.7. The van der Waals surface area contributed by atoms with Crippen LogP contribution >= 0.6 is 0 Å². The number of ether oxygens (including phenoxy) is 1. The number of nitrogens with one attached hydrogen (secondary N) is 2. The summed E-state index contributed by atoms with van der Waals surface area (Å²) in [5, 5.41) is 10.4. The molecule has 0 aromatic carbocycles. The van der Waals surface area contributed by atoms with Crippen LogP contribution in [0.3, 0.4) is 0 Å². The monoisotopic (exact) mass is 555 g/mol. The molecule has 8 rings (SSSR count). The molecule has 2 aliphatic carbocycles. The van der Waals surface area contributed by atoms with Crippen molar-refractivity contribution in [3.8, 4) is 0 Å². The van der Waals surface area contributed by atoms with Crippen LogP contribution in [-0.4, -0.2) is 91.0 Å². The third-order valence-corrected chi connectivity index (χ3v) is 11.8. The molecule has 210 valence electrons. The topological polar surface area (TPSA) is 117 Å². The Balaban J connectivity index is 0.932. The lowest BCUT2D eigenvalue weighted by atomic mass is 9.66. The van der Waals surface area contributed by atoms with E-state index < -0.39 is 16.1 Å². The Kier molecular flexibility index (Phi) is 6.12. The number of rotatable bonds is 8. The minimum absolute atomic E-state index is 0.0206. The highest BCUT2D eigenvalue weighted by Gasteiger charge is 2.55. The molecule has 2 N–H and O–H groups in total. The third-order valence-electron chi connectivity index (χ3n) is 9.71. The molecule has 6 heterocycles. The van der Waals surface area contributed by atoms with Crippen LogP contribution in [0.5, 0.6) is 0 Å². The van der Waals surface area contributed by atoms with Crippen molar-refractivity contribution in [1.29, 1.82) is 0 Å². The van der Waals surface area contributed by atoms with E-state index in [1.807, 2.05) is 0 Å². The van der Waals surface area contributed by atoms with E-state index in [1.54, 1.807) is 14.7 Å². The zero-order chi connectivity index (χ0) is 26.2. The lowest BCUT2D eigenvalue weighted by Gasteiger charge is -2.55. The van der Waals surface area contributed by atoms with E-state index in [-0.39, 0.29) is 72.3 Å². The molecule has 13 heteroatoms. The molecular weight excluding hydrogens is 520 g/mol. The summed E-state index contributed by atoms with van der Waals surface area (Å²) >= 11 is 0. The number of halogens is 2. The van der Waals surface area contributed by atoms with Gasteiger partial charge in [0.15, 0.2) is 5.69 Å². The van der Waals surface area contributed by atoms with E-state index in [1.165, 1.54) is 0 Å². The third kappa shape index (κ3) is 4.38. The Morgan fingerprint density at radius 3 is 2.39 bits per heavy atom. The largest absolute Gasteiger partial charge is 0.380 e. The van der Waals surface area contributed by atoms with Gasteiger partial charge in [0.25, 0.3) is 16.1 Å². The van der Waals surface area contributed by atoms with Gasteiger partial charge in [-0.1, -0.05) is 5.16 Å². The summed E-state index contributed by atoms with van der Waals surface area (Å²) in [6.07, 6.45) is 3.66. The molecular formula is C25H35F2N5O5S. The van der Waals surface area contributed by atoms with E-state index in [0.717, 1.165) is 19.3 Å². The van der Waals surface area contributed by atoms with Gasteiger partial charge in [0.1, 0.15) is 5.76 Å². The smallest absolute Gasteiger partial charge is 0.282 e. The molecule has 10 nitrogen and oxygen atoms in total. The van der Waals surface area contributed by atoms with E-state index in [2.05, 4.69) is 15.8 Å². The van der Waals surface area contributed by atoms with E-state index >= 15 is 0 Å². The van der Waals surface area contributed by atoms with Crippen molar-refractivity contribution in [3.63, 3.8) is 0 Å². The number of alkyl halides is 2. The van der Waals surface area contributed by atoms with E-state index in [0.29, 0.717) is 51.4 Å². The molecule has 7 fully saturated rings. The average Bonchev–Trinajstić information content (AvgIpc) is 3.40. The lowest BCUT2D eigenvalue weighted by Crippen LogP contribution is -2.67. The normalized spacial score (nSPS) is 37.3. The number of hydrogen-bond donors (Lipinski definition) is 2. The van der Waals surface area contributed by atoms with Crippen molar-refractivity contribution in [2.24, 2.45) is 17.8 Å². The van der Waals surface area contributed by atoms with Crippen molar-refractivity contribution in [3.05, 3.63) is 17.5 Å². The van der Waals surface area contributed by atoms with Crippen molar-refractivity contribution in [2.45, 2.75) is 81.0 Å². The average molecular weight is 556 g/mol. The molecule has 2 saturated carbocycles. The first-order valence-corrected chi connectivity index (χ1v) is 15.3. The van der Waals surface area contributed by atoms with Gasteiger partial charge >= 0.3 is 0 Å². The molecule has 1 aromatic heterocycles. The Bertz CT molecular complexity index is 1160. The number of amides is 1. The van der Waals surface area contributed by atoms with Gasteiger partial charge in [-0.25, -0.2) is 8.78 Å². The fourth-order valence-corrected chi connectivity index (χ4v) is 9.77. The summed E-state index contributed by atoms with van der Waals surface area (Å²) in [6, 6.07) is 1.53. The molecule has 1 amide bonds. The first-order chi connectivity index (χ1) is 18.2. The minimum atomic E-state index is -3.61. The summed E-state index contributed by atoms with van der Waals surface area (Å²) in [6.45, 7) is 2.70. The first-order valence-electron chi connectivity index (χ1n) is 13.9. The number of carbonyl (C=O) groups excluding carboxylic acids is 1. The maximum Gasteiger partial charge on any atom is 0.282 e. The second kappa shape index (κ2) is 9.18. The van der Waals surface area contributed by atoms with E-state index in [4.69, 9.17) is 9.26 Å². The van der Waals surface area contributed by atoms with Crippen LogP contribution in [0.25, 0.3) is 0 Å². The highest BCUT2D eigenvalue weighted by molar-refractivity contribution is 7.86. The zero-order valence-electron chi connectivity index (χ0n) is 21.2. The molecule has 7 aliphatic rings. The number of carbonyl (C=O) groups is 1. The molecule has 0 radical (unpaired) electrons. The Hall–Kier alpha value is -1.67. The van der Waals surface area contributed by atoms with Crippen molar-refractivity contribution in [2.75, 3.05) is 32.8 Å². The van der Waals surface area contributed by atoms with Crippen LogP contribution in [0.1, 0.15) is 67.1 Å². The molecule has 5 saturated heterocycles. The van der Waals surface area contributed by atoms with Gasteiger partial charge in [0, 0.05) is 56.2 Å². The number of hydrogen-bond acceptors (Lipinski definition) is 7. The van der Waals surface area contributed by atoms with Gasteiger partial charge < -0.3 is 19.9 Å². The van der Waals surface area contributed by atoms with Gasteiger partial charge in [0.2, 0.25) is 5.92 Å². The summed E-state index contributed by atoms with van der Waals surface area (Å²) in [4.78, 5) is 12.8. The minimum Gasteiger partial charge on any atom is -0.380 e. The summed E-state index contributed by atoms with van der Waals surface area (Å²) in [5.41, 5.74) is 0.246. The Labute approximate surface area is 221 Å². The van der Waals surface area contributed by atoms with Gasteiger partial charge in [-0.3, -0.25) is 4.79 Å². The first kappa shape index (κ1) is 25.3. The highest BCUT2D eigenvalue weighted by atomic mass is 32.2. The number of piperidine rings is 3. The Morgan fingerprint density at radius 1 is 1.11 bits per heavy atom. The molecule has 6 atom stereocenters. The van der Waals surface area contributed by atoms with Gasteiger partial charge in [-0.2, -0.15) is 17.0 Å². The van der Waals surface area contributed by atoms with Crippen molar-refractivity contribution >= 4 is 16.1 Å². The lowest BCUT2D eigenvalue weighted by molar-refractivity contribution is -0.112.